The highest BCUT2D eigenvalue weighted by Crippen LogP contribution is 2.17. The number of rotatable bonds is 6. The van der Waals surface area contributed by atoms with E-state index in [-0.39, 0.29) is 0 Å². The Morgan fingerprint density at radius 1 is 1.29 bits per heavy atom. The van der Waals surface area contributed by atoms with Crippen LogP contribution in [0, 0.1) is 11.8 Å². The summed E-state index contributed by atoms with van der Waals surface area (Å²) < 4.78 is 0. The van der Waals surface area contributed by atoms with Crippen LogP contribution >= 0.6 is 0 Å². The second kappa shape index (κ2) is 7.84. The summed E-state index contributed by atoms with van der Waals surface area (Å²) in [4.78, 5) is 0. The molecule has 82 valence electrons. The predicted molar refractivity (Wildman–Crippen MR) is 66.4 cm³/mol. The fourth-order valence-corrected chi connectivity index (χ4v) is 1.74. The van der Waals surface area contributed by atoms with Crippen LogP contribution in [0.5, 0.6) is 0 Å². The van der Waals surface area contributed by atoms with Gasteiger partial charge in [0, 0.05) is 0 Å². The van der Waals surface area contributed by atoms with E-state index in [0.29, 0.717) is 5.92 Å². The Morgan fingerprint density at radius 3 is 2.43 bits per heavy atom. The van der Waals surface area contributed by atoms with Crippen molar-refractivity contribution in [1.29, 1.82) is 0 Å². The molecule has 0 aromatic carbocycles. The van der Waals surface area contributed by atoms with Crippen LogP contribution in [0.3, 0.4) is 0 Å². The Balaban J connectivity index is 3.85. The number of allylic oxidation sites excluding steroid dienone is 4. The van der Waals surface area contributed by atoms with E-state index in [1.807, 2.05) is 0 Å². The Labute approximate surface area is 90.1 Å². The van der Waals surface area contributed by atoms with Gasteiger partial charge in [-0.25, -0.2) is 0 Å². The van der Waals surface area contributed by atoms with Gasteiger partial charge >= 0.3 is 0 Å². The standard InChI is InChI=1S/C14H26/c1-6-8-13(4)11-14(5)10-9-12(3)7-2/h7,9-10,13-14H,6,8,11H2,1-5H3. The van der Waals surface area contributed by atoms with E-state index < -0.39 is 0 Å². The average molecular weight is 194 g/mol. The minimum atomic E-state index is 0.714. The van der Waals surface area contributed by atoms with Crippen molar-refractivity contribution in [3.8, 4) is 0 Å². The zero-order chi connectivity index (χ0) is 11.0. The quantitative estimate of drug-likeness (QED) is 0.524. The van der Waals surface area contributed by atoms with E-state index in [0.717, 1.165) is 5.92 Å². The molecule has 0 rings (SSSR count). The van der Waals surface area contributed by atoms with Gasteiger partial charge < -0.3 is 0 Å². The maximum Gasteiger partial charge on any atom is -0.0256 e. The molecule has 0 bridgehead atoms. The summed E-state index contributed by atoms with van der Waals surface area (Å²) in [5.41, 5.74) is 1.36. The lowest BCUT2D eigenvalue weighted by molar-refractivity contribution is 0.434. The van der Waals surface area contributed by atoms with Crippen LogP contribution in [0.15, 0.2) is 23.8 Å². The third-order valence-electron chi connectivity index (χ3n) is 2.70. The van der Waals surface area contributed by atoms with Gasteiger partial charge in [0.05, 0.1) is 0 Å². The topological polar surface area (TPSA) is 0 Å². The van der Waals surface area contributed by atoms with Crippen LogP contribution < -0.4 is 0 Å². The van der Waals surface area contributed by atoms with Crippen LogP contribution in [0.2, 0.25) is 0 Å². The van der Waals surface area contributed by atoms with Crippen LogP contribution in [0.1, 0.15) is 53.9 Å². The van der Waals surface area contributed by atoms with Crippen molar-refractivity contribution in [2.45, 2.75) is 53.9 Å². The van der Waals surface area contributed by atoms with E-state index in [1.54, 1.807) is 0 Å². The first-order chi connectivity index (χ1) is 6.60. The van der Waals surface area contributed by atoms with Gasteiger partial charge in [0.25, 0.3) is 0 Å². The summed E-state index contributed by atoms with van der Waals surface area (Å²) in [6, 6.07) is 0. The van der Waals surface area contributed by atoms with Gasteiger partial charge in [-0.1, -0.05) is 57.4 Å². The van der Waals surface area contributed by atoms with Crippen LogP contribution in [-0.2, 0) is 0 Å². The molecule has 0 nitrogen and oxygen atoms in total. The van der Waals surface area contributed by atoms with Crippen molar-refractivity contribution >= 4 is 0 Å². The summed E-state index contributed by atoms with van der Waals surface area (Å²) in [5, 5.41) is 0. The molecule has 0 N–H and O–H groups in total. The fraction of sp³-hybridized carbons (Fsp3) is 0.714. The molecule has 0 heterocycles. The molecule has 0 fully saturated rings. The van der Waals surface area contributed by atoms with Crippen LogP contribution in [0.25, 0.3) is 0 Å². The lowest BCUT2D eigenvalue weighted by Gasteiger charge is -2.13. The smallest absolute Gasteiger partial charge is 0.0256 e. The molecule has 0 aliphatic heterocycles. The molecule has 0 saturated carbocycles. The molecule has 0 aliphatic carbocycles. The van der Waals surface area contributed by atoms with Gasteiger partial charge in [-0.2, -0.15) is 0 Å². The molecule has 0 aromatic heterocycles. The normalized spacial score (nSPS) is 17.4. The summed E-state index contributed by atoms with van der Waals surface area (Å²) in [5.74, 6) is 1.58. The first kappa shape index (κ1) is 13.5. The van der Waals surface area contributed by atoms with E-state index in [1.165, 1.54) is 24.8 Å². The second-order valence-corrected chi connectivity index (χ2v) is 4.50. The maximum atomic E-state index is 2.36. The molecule has 2 unspecified atom stereocenters. The van der Waals surface area contributed by atoms with Crippen molar-refractivity contribution in [3.63, 3.8) is 0 Å². The third kappa shape index (κ3) is 6.94. The van der Waals surface area contributed by atoms with Crippen LogP contribution in [-0.4, -0.2) is 0 Å². The average Bonchev–Trinajstić information content (AvgIpc) is 2.14. The van der Waals surface area contributed by atoms with E-state index in [4.69, 9.17) is 0 Å². The predicted octanol–water partition coefficient (Wildman–Crippen LogP) is 4.97. The number of hydrogen-bond donors (Lipinski definition) is 0. The molecular weight excluding hydrogens is 168 g/mol. The Bertz CT molecular complexity index is 186. The molecular formula is C14H26. The van der Waals surface area contributed by atoms with Gasteiger partial charge in [0.15, 0.2) is 0 Å². The third-order valence-corrected chi connectivity index (χ3v) is 2.70. The summed E-state index contributed by atoms with van der Waals surface area (Å²) in [6.45, 7) is 11.2. The van der Waals surface area contributed by atoms with Gasteiger partial charge in [-0.3, -0.25) is 0 Å². The summed E-state index contributed by atoms with van der Waals surface area (Å²) in [6.07, 6.45) is 10.7. The van der Waals surface area contributed by atoms with E-state index in [2.05, 4.69) is 52.8 Å². The van der Waals surface area contributed by atoms with Gasteiger partial charge in [0.1, 0.15) is 0 Å². The summed E-state index contributed by atoms with van der Waals surface area (Å²) in [7, 11) is 0. The van der Waals surface area contributed by atoms with Crippen molar-refractivity contribution in [2.24, 2.45) is 11.8 Å². The largest absolute Gasteiger partial charge is 0.0847 e. The zero-order valence-electron chi connectivity index (χ0n) is 10.5. The molecule has 0 spiro atoms. The van der Waals surface area contributed by atoms with Crippen molar-refractivity contribution in [3.05, 3.63) is 23.8 Å². The van der Waals surface area contributed by atoms with Gasteiger partial charge in [-0.05, 0) is 32.1 Å². The lowest BCUT2D eigenvalue weighted by atomic mass is 9.93. The molecule has 0 aliphatic rings. The Kier molecular flexibility index (Phi) is 7.55. The fourth-order valence-electron chi connectivity index (χ4n) is 1.74. The molecule has 0 aromatic rings. The van der Waals surface area contributed by atoms with E-state index >= 15 is 0 Å². The maximum absolute atomic E-state index is 2.36. The lowest BCUT2D eigenvalue weighted by Crippen LogP contribution is -2.00. The molecule has 0 radical (unpaired) electrons. The minimum Gasteiger partial charge on any atom is -0.0847 e. The molecule has 14 heavy (non-hydrogen) atoms. The van der Waals surface area contributed by atoms with Gasteiger partial charge in [0.2, 0.25) is 0 Å². The molecule has 0 heteroatoms. The number of hydrogen-bond acceptors (Lipinski definition) is 0. The first-order valence-corrected chi connectivity index (χ1v) is 5.91. The SMILES string of the molecule is CC=C(C)C=CC(C)CC(C)CCC. The van der Waals surface area contributed by atoms with Crippen molar-refractivity contribution in [1.82, 2.24) is 0 Å². The highest BCUT2D eigenvalue weighted by Gasteiger charge is 2.04. The second-order valence-electron chi connectivity index (χ2n) is 4.50. The van der Waals surface area contributed by atoms with Crippen molar-refractivity contribution in [2.75, 3.05) is 0 Å². The highest BCUT2D eigenvalue weighted by molar-refractivity contribution is 5.15. The highest BCUT2D eigenvalue weighted by atomic mass is 14.1. The van der Waals surface area contributed by atoms with Gasteiger partial charge in [-0.15, -0.1) is 0 Å². The molecule has 0 saturated heterocycles. The van der Waals surface area contributed by atoms with Crippen LogP contribution in [0.4, 0.5) is 0 Å². The molecule has 2 atom stereocenters. The minimum absolute atomic E-state index is 0.714. The van der Waals surface area contributed by atoms with Crippen molar-refractivity contribution < 1.29 is 0 Å². The molecule has 0 amide bonds. The zero-order valence-corrected chi connectivity index (χ0v) is 10.5. The summed E-state index contributed by atoms with van der Waals surface area (Å²) >= 11 is 0. The van der Waals surface area contributed by atoms with E-state index in [9.17, 15) is 0 Å². The Morgan fingerprint density at radius 2 is 1.93 bits per heavy atom. The Hall–Kier alpha value is -0.520. The monoisotopic (exact) mass is 194 g/mol. The first-order valence-electron chi connectivity index (χ1n) is 5.91.